The standard InChI is InChI=1S/C14H22N4O/c1-17-10-7-16-13(17)14(19)18-8-4-11(5-9-18)12-3-2-6-15-12/h7,10-12,15H,2-6,8-9H2,1H3. The second-order valence-electron chi connectivity index (χ2n) is 5.69. The van der Waals surface area contributed by atoms with Crippen molar-refractivity contribution in [1.82, 2.24) is 19.8 Å². The predicted molar refractivity (Wildman–Crippen MR) is 72.9 cm³/mol. The minimum absolute atomic E-state index is 0.0744. The van der Waals surface area contributed by atoms with Gasteiger partial charge < -0.3 is 14.8 Å². The van der Waals surface area contributed by atoms with Crippen LogP contribution >= 0.6 is 0 Å². The summed E-state index contributed by atoms with van der Waals surface area (Å²) in [6, 6.07) is 0.686. The molecule has 2 fully saturated rings. The van der Waals surface area contributed by atoms with Crippen LogP contribution in [0.5, 0.6) is 0 Å². The molecule has 0 saturated carbocycles. The van der Waals surface area contributed by atoms with E-state index in [-0.39, 0.29) is 5.91 Å². The molecule has 5 heteroatoms. The fraction of sp³-hybridized carbons (Fsp3) is 0.714. The van der Waals surface area contributed by atoms with Crippen LogP contribution in [0.1, 0.15) is 36.3 Å². The third-order valence-corrected chi connectivity index (χ3v) is 4.51. The van der Waals surface area contributed by atoms with Crippen LogP contribution in [0, 0.1) is 5.92 Å². The van der Waals surface area contributed by atoms with E-state index in [4.69, 9.17) is 0 Å². The van der Waals surface area contributed by atoms with Crippen molar-refractivity contribution in [2.24, 2.45) is 13.0 Å². The highest BCUT2D eigenvalue weighted by Crippen LogP contribution is 2.26. The molecule has 5 nitrogen and oxygen atoms in total. The van der Waals surface area contributed by atoms with Gasteiger partial charge in [-0.15, -0.1) is 0 Å². The maximum absolute atomic E-state index is 12.3. The van der Waals surface area contributed by atoms with E-state index in [1.165, 1.54) is 12.8 Å². The van der Waals surface area contributed by atoms with Gasteiger partial charge in [0.25, 0.3) is 5.91 Å². The molecule has 1 unspecified atom stereocenters. The normalized spacial score (nSPS) is 24.9. The highest BCUT2D eigenvalue weighted by Gasteiger charge is 2.30. The highest BCUT2D eigenvalue weighted by molar-refractivity contribution is 5.90. The number of aryl methyl sites for hydroxylation is 1. The number of imidazole rings is 1. The van der Waals surface area contributed by atoms with Crippen LogP contribution in [0.15, 0.2) is 12.4 Å². The van der Waals surface area contributed by atoms with Gasteiger partial charge in [-0.05, 0) is 38.1 Å². The first-order valence-corrected chi connectivity index (χ1v) is 7.25. The number of carbonyl (C=O) groups is 1. The van der Waals surface area contributed by atoms with E-state index in [9.17, 15) is 4.79 Å². The molecule has 0 bridgehead atoms. The Hall–Kier alpha value is -1.36. The summed E-state index contributed by atoms with van der Waals surface area (Å²) in [4.78, 5) is 18.4. The van der Waals surface area contributed by atoms with Crippen molar-refractivity contribution in [3.05, 3.63) is 18.2 Å². The van der Waals surface area contributed by atoms with Gasteiger partial charge in [0.1, 0.15) is 0 Å². The number of hydrogen-bond donors (Lipinski definition) is 1. The third-order valence-electron chi connectivity index (χ3n) is 4.51. The maximum atomic E-state index is 12.3. The van der Waals surface area contributed by atoms with Crippen LogP contribution in [0.2, 0.25) is 0 Å². The molecule has 0 radical (unpaired) electrons. The van der Waals surface area contributed by atoms with E-state index in [2.05, 4.69) is 10.3 Å². The number of nitrogens with zero attached hydrogens (tertiary/aromatic N) is 3. The van der Waals surface area contributed by atoms with Crippen LogP contribution in [0.4, 0.5) is 0 Å². The van der Waals surface area contributed by atoms with E-state index >= 15 is 0 Å². The number of likely N-dealkylation sites (tertiary alicyclic amines) is 1. The van der Waals surface area contributed by atoms with Crippen molar-refractivity contribution in [2.75, 3.05) is 19.6 Å². The van der Waals surface area contributed by atoms with Gasteiger partial charge in [0.05, 0.1) is 0 Å². The Bertz CT molecular complexity index is 442. The Labute approximate surface area is 114 Å². The van der Waals surface area contributed by atoms with Gasteiger partial charge in [0.15, 0.2) is 5.82 Å². The Morgan fingerprint density at radius 3 is 2.74 bits per heavy atom. The zero-order chi connectivity index (χ0) is 13.2. The van der Waals surface area contributed by atoms with Crippen molar-refractivity contribution >= 4 is 5.91 Å². The predicted octanol–water partition coefficient (Wildman–Crippen LogP) is 1.02. The molecular weight excluding hydrogens is 240 g/mol. The number of piperidine rings is 1. The van der Waals surface area contributed by atoms with Crippen molar-refractivity contribution in [3.8, 4) is 0 Å². The number of rotatable bonds is 2. The summed E-state index contributed by atoms with van der Waals surface area (Å²) in [5.74, 6) is 1.37. The summed E-state index contributed by atoms with van der Waals surface area (Å²) < 4.78 is 1.80. The monoisotopic (exact) mass is 262 g/mol. The molecular formula is C14H22N4O. The summed E-state index contributed by atoms with van der Waals surface area (Å²) in [7, 11) is 1.87. The topological polar surface area (TPSA) is 50.2 Å². The first-order chi connectivity index (χ1) is 9.25. The first kappa shape index (κ1) is 12.7. The van der Waals surface area contributed by atoms with Gasteiger partial charge in [-0.25, -0.2) is 4.98 Å². The van der Waals surface area contributed by atoms with E-state index < -0.39 is 0 Å². The van der Waals surface area contributed by atoms with Gasteiger partial charge in [-0.2, -0.15) is 0 Å². The van der Waals surface area contributed by atoms with E-state index in [1.54, 1.807) is 10.8 Å². The van der Waals surface area contributed by atoms with Gasteiger partial charge in [0.2, 0.25) is 0 Å². The van der Waals surface area contributed by atoms with Crippen molar-refractivity contribution < 1.29 is 4.79 Å². The van der Waals surface area contributed by atoms with Gasteiger partial charge in [0, 0.05) is 38.6 Å². The van der Waals surface area contributed by atoms with Crippen molar-refractivity contribution in [3.63, 3.8) is 0 Å². The van der Waals surface area contributed by atoms with E-state index in [1.807, 2.05) is 18.1 Å². The molecule has 19 heavy (non-hydrogen) atoms. The summed E-state index contributed by atoms with van der Waals surface area (Å²) in [5, 5.41) is 3.59. The minimum atomic E-state index is 0.0744. The lowest BCUT2D eigenvalue weighted by molar-refractivity contribution is 0.0658. The largest absolute Gasteiger partial charge is 0.336 e. The number of aromatic nitrogens is 2. The van der Waals surface area contributed by atoms with E-state index in [0.717, 1.165) is 38.4 Å². The molecule has 2 aliphatic rings. The van der Waals surface area contributed by atoms with Gasteiger partial charge in [-0.3, -0.25) is 4.79 Å². The SMILES string of the molecule is Cn1ccnc1C(=O)N1CCC(C2CCCN2)CC1. The van der Waals surface area contributed by atoms with E-state index in [0.29, 0.717) is 11.9 Å². The summed E-state index contributed by atoms with van der Waals surface area (Å²) in [6.45, 7) is 2.90. The Morgan fingerprint density at radius 1 is 1.37 bits per heavy atom. The zero-order valence-corrected chi connectivity index (χ0v) is 11.5. The zero-order valence-electron chi connectivity index (χ0n) is 11.5. The second-order valence-corrected chi connectivity index (χ2v) is 5.69. The molecule has 3 rings (SSSR count). The highest BCUT2D eigenvalue weighted by atomic mass is 16.2. The van der Waals surface area contributed by atoms with Crippen LogP contribution in [0.3, 0.4) is 0 Å². The average Bonchev–Trinajstić information content (AvgIpc) is 3.09. The number of amides is 1. The molecule has 2 aliphatic heterocycles. The Kier molecular flexibility index (Phi) is 3.55. The fourth-order valence-electron chi connectivity index (χ4n) is 3.33. The lowest BCUT2D eigenvalue weighted by atomic mass is 9.88. The average molecular weight is 262 g/mol. The fourth-order valence-corrected chi connectivity index (χ4v) is 3.33. The summed E-state index contributed by atoms with van der Waals surface area (Å²) in [5.41, 5.74) is 0. The molecule has 1 amide bonds. The third kappa shape index (κ3) is 2.52. The minimum Gasteiger partial charge on any atom is -0.336 e. The molecule has 1 N–H and O–H groups in total. The molecule has 104 valence electrons. The molecule has 0 aromatic carbocycles. The van der Waals surface area contributed by atoms with Crippen LogP contribution < -0.4 is 5.32 Å². The molecule has 0 spiro atoms. The lowest BCUT2D eigenvalue weighted by Gasteiger charge is -2.34. The number of carbonyl (C=O) groups excluding carboxylic acids is 1. The molecule has 0 aliphatic carbocycles. The van der Waals surface area contributed by atoms with Gasteiger partial charge in [-0.1, -0.05) is 0 Å². The first-order valence-electron chi connectivity index (χ1n) is 7.25. The van der Waals surface area contributed by atoms with Gasteiger partial charge >= 0.3 is 0 Å². The molecule has 3 heterocycles. The summed E-state index contributed by atoms with van der Waals surface area (Å²) in [6.07, 6.45) is 8.35. The second kappa shape index (κ2) is 5.33. The van der Waals surface area contributed by atoms with Crippen LogP contribution in [0.25, 0.3) is 0 Å². The number of hydrogen-bond acceptors (Lipinski definition) is 3. The molecule has 2 saturated heterocycles. The Morgan fingerprint density at radius 2 is 2.16 bits per heavy atom. The lowest BCUT2D eigenvalue weighted by Crippen LogP contribution is -2.43. The molecule has 1 atom stereocenters. The van der Waals surface area contributed by atoms with Crippen LogP contribution in [-0.4, -0.2) is 46.0 Å². The molecule has 1 aromatic heterocycles. The summed E-state index contributed by atoms with van der Waals surface area (Å²) >= 11 is 0. The Balaban J connectivity index is 1.58. The maximum Gasteiger partial charge on any atom is 0.289 e. The van der Waals surface area contributed by atoms with Crippen molar-refractivity contribution in [1.29, 1.82) is 0 Å². The number of nitrogens with one attached hydrogen (secondary N) is 1. The van der Waals surface area contributed by atoms with Crippen molar-refractivity contribution in [2.45, 2.75) is 31.7 Å². The molecule has 1 aromatic rings. The smallest absolute Gasteiger partial charge is 0.289 e. The van der Waals surface area contributed by atoms with Crippen LogP contribution in [-0.2, 0) is 7.05 Å². The quantitative estimate of drug-likeness (QED) is 0.866.